The highest BCUT2D eigenvalue weighted by Gasteiger charge is 2.27. The quantitative estimate of drug-likeness (QED) is 0.359. The van der Waals surface area contributed by atoms with E-state index in [-0.39, 0.29) is 12.4 Å². The lowest BCUT2D eigenvalue weighted by atomic mass is 10.1. The molecule has 2 aromatic heterocycles. The van der Waals surface area contributed by atoms with Crippen LogP contribution in [0.5, 0.6) is 0 Å². The summed E-state index contributed by atoms with van der Waals surface area (Å²) in [4.78, 5) is 28.3. The highest BCUT2D eigenvalue weighted by molar-refractivity contribution is 8.00. The molecular formula is C20H23N5O3S. The van der Waals surface area contributed by atoms with Crippen LogP contribution in [-0.2, 0) is 4.74 Å². The summed E-state index contributed by atoms with van der Waals surface area (Å²) >= 11 is 1.26. The fraction of sp³-hybridized carbons (Fsp3) is 0.350. The van der Waals surface area contributed by atoms with Gasteiger partial charge < -0.3 is 9.72 Å². The molecule has 1 unspecified atom stereocenters. The Hall–Kier alpha value is -2.94. The summed E-state index contributed by atoms with van der Waals surface area (Å²) in [6.07, 6.45) is 0. The standard InChI is InChI=1S/C20H23N5O3S/c1-6-28-19(27)16-12(3)17(21-13(16)4)18(26)14(5)29-20-22-23-24-25(20)15-9-7-8-11(2)10-15/h7-10,14,21H,6H2,1-5H3. The maximum absolute atomic E-state index is 13.1. The molecule has 0 aliphatic heterocycles. The Bertz CT molecular complexity index is 1060. The van der Waals surface area contributed by atoms with Crippen molar-refractivity contribution in [2.75, 3.05) is 6.61 Å². The largest absolute Gasteiger partial charge is 0.462 e. The molecule has 3 rings (SSSR count). The van der Waals surface area contributed by atoms with Crippen LogP contribution in [0.1, 0.15) is 51.5 Å². The third-order valence-corrected chi connectivity index (χ3v) is 5.54. The minimum Gasteiger partial charge on any atom is -0.462 e. The van der Waals surface area contributed by atoms with Crippen LogP contribution >= 0.6 is 11.8 Å². The fourth-order valence-corrected chi connectivity index (χ4v) is 3.96. The van der Waals surface area contributed by atoms with Gasteiger partial charge in [-0.05, 0) is 68.3 Å². The number of hydrogen-bond donors (Lipinski definition) is 1. The molecule has 0 fully saturated rings. The number of benzene rings is 1. The van der Waals surface area contributed by atoms with Crippen molar-refractivity contribution < 1.29 is 14.3 Å². The van der Waals surface area contributed by atoms with Crippen LogP contribution in [0.4, 0.5) is 0 Å². The van der Waals surface area contributed by atoms with E-state index in [1.54, 1.807) is 32.4 Å². The molecule has 0 spiro atoms. The number of H-pyrrole nitrogens is 1. The van der Waals surface area contributed by atoms with E-state index in [4.69, 9.17) is 4.74 Å². The highest BCUT2D eigenvalue weighted by Crippen LogP contribution is 2.28. The molecule has 1 N–H and O–H groups in total. The van der Waals surface area contributed by atoms with Crippen molar-refractivity contribution in [1.82, 2.24) is 25.2 Å². The van der Waals surface area contributed by atoms with Gasteiger partial charge in [-0.25, -0.2) is 4.79 Å². The maximum Gasteiger partial charge on any atom is 0.340 e. The number of rotatable bonds is 7. The predicted molar refractivity (Wildman–Crippen MR) is 110 cm³/mol. The van der Waals surface area contributed by atoms with Crippen molar-refractivity contribution in [3.63, 3.8) is 0 Å². The molecule has 0 aliphatic rings. The van der Waals surface area contributed by atoms with E-state index in [1.807, 2.05) is 31.2 Å². The van der Waals surface area contributed by atoms with E-state index in [1.165, 1.54) is 11.8 Å². The number of ketones is 1. The van der Waals surface area contributed by atoms with Gasteiger partial charge in [-0.15, -0.1) is 5.10 Å². The molecule has 0 amide bonds. The normalized spacial score (nSPS) is 12.0. The summed E-state index contributed by atoms with van der Waals surface area (Å²) in [5, 5.41) is 11.9. The van der Waals surface area contributed by atoms with E-state index in [9.17, 15) is 9.59 Å². The number of aryl methyl sites for hydroxylation is 2. The monoisotopic (exact) mass is 413 g/mol. The van der Waals surface area contributed by atoms with Gasteiger partial charge in [0.15, 0.2) is 5.78 Å². The molecule has 0 saturated heterocycles. The van der Waals surface area contributed by atoms with Crippen LogP contribution in [0.3, 0.4) is 0 Å². The number of ether oxygens (including phenoxy) is 1. The molecule has 2 heterocycles. The number of nitrogens with zero attached hydrogens (tertiary/aromatic N) is 4. The number of tetrazole rings is 1. The van der Waals surface area contributed by atoms with Crippen LogP contribution in [0.2, 0.25) is 0 Å². The zero-order valence-electron chi connectivity index (χ0n) is 17.0. The summed E-state index contributed by atoms with van der Waals surface area (Å²) in [5.74, 6) is -0.563. The minimum absolute atomic E-state index is 0.134. The molecule has 9 heteroatoms. The van der Waals surface area contributed by atoms with Gasteiger partial charge in [0.2, 0.25) is 5.16 Å². The second-order valence-electron chi connectivity index (χ2n) is 6.68. The number of carbonyl (C=O) groups excluding carboxylic acids is 2. The molecule has 1 aromatic carbocycles. The zero-order valence-corrected chi connectivity index (χ0v) is 17.8. The molecule has 3 aromatic rings. The van der Waals surface area contributed by atoms with Gasteiger partial charge in [0.25, 0.3) is 0 Å². The van der Waals surface area contributed by atoms with Gasteiger partial charge in [-0.1, -0.05) is 23.9 Å². The number of carbonyl (C=O) groups is 2. The average molecular weight is 414 g/mol. The first-order valence-corrected chi connectivity index (χ1v) is 10.1. The first kappa shape index (κ1) is 20.8. The molecule has 29 heavy (non-hydrogen) atoms. The molecule has 0 aliphatic carbocycles. The third kappa shape index (κ3) is 4.24. The van der Waals surface area contributed by atoms with Crippen molar-refractivity contribution in [3.8, 4) is 5.69 Å². The summed E-state index contributed by atoms with van der Waals surface area (Å²) in [6.45, 7) is 9.31. The Morgan fingerprint density at radius 2 is 2.03 bits per heavy atom. The van der Waals surface area contributed by atoms with E-state index in [0.717, 1.165) is 11.3 Å². The Morgan fingerprint density at radius 1 is 1.28 bits per heavy atom. The third-order valence-electron chi connectivity index (χ3n) is 4.50. The van der Waals surface area contributed by atoms with E-state index >= 15 is 0 Å². The maximum atomic E-state index is 13.1. The molecule has 0 radical (unpaired) electrons. The topological polar surface area (TPSA) is 103 Å². The van der Waals surface area contributed by atoms with Crippen molar-refractivity contribution in [2.24, 2.45) is 0 Å². The Labute approximate surface area is 173 Å². The van der Waals surface area contributed by atoms with Crippen LogP contribution in [-0.4, -0.2) is 48.8 Å². The number of esters is 1. The van der Waals surface area contributed by atoms with Gasteiger partial charge in [0.1, 0.15) is 0 Å². The molecule has 0 bridgehead atoms. The summed E-state index contributed by atoms with van der Waals surface area (Å²) in [5.41, 5.74) is 3.94. The van der Waals surface area contributed by atoms with Crippen molar-refractivity contribution >= 4 is 23.5 Å². The molecule has 8 nitrogen and oxygen atoms in total. The van der Waals surface area contributed by atoms with Gasteiger partial charge in [0.05, 0.1) is 28.8 Å². The second kappa shape index (κ2) is 8.60. The van der Waals surface area contributed by atoms with Crippen molar-refractivity contribution in [2.45, 2.75) is 45.0 Å². The SMILES string of the molecule is CCOC(=O)c1c(C)[nH]c(C(=O)C(C)Sc2nnnn2-c2cccc(C)c2)c1C. The highest BCUT2D eigenvalue weighted by atomic mass is 32.2. The second-order valence-corrected chi connectivity index (χ2v) is 7.99. The Balaban J connectivity index is 1.84. The first-order chi connectivity index (χ1) is 13.8. The Kier molecular flexibility index (Phi) is 6.17. The average Bonchev–Trinajstić information content (AvgIpc) is 3.25. The first-order valence-electron chi connectivity index (χ1n) is 9.26. The fourth-order valence-electron chi connectivity index (χ4n) is 3.09. The number of thioether (sulfide) groups is 1. The smallest absolute Gasteiger partial charge is 0.340 e. The number of nitrogens with one attached hydrogen (secondary N) is 1. The molecule has 1 atom stereocenters. The van der Waals surface area contributed by atoms with Gasteiger partial charge in [-0.2, -0.15) is 4.68 Å². The summed E-state index contributed by atoms with van der Waals surface area (Å²) in [7, 11) is 0. The number of aromatic amines is 1. The number of hydrogen-bond acceptors (Lipinski definition) is 7. The van der Waals surface area contributed by atoms with Gasteiger partial charge >= 0.3 is 5.97 Å². The minimum atomic E-state index is -0.462. The Morgan fingerprint density at radius 3 is 2.72 bits per heavy atom. The molecule has 152 valence electrons. The van der Waals surface area contributed by atoms with Crippen molar-refractivity contribution in [3.05, 3.63) is 52.3 Å². The van der Waals surface area contributed by atoms with Crippen LogP contribution < -0.4 is 0 Å². The number of Topliss-reactive ketones (excluding diaryl/α,β-unsaturated/α-hetero) is 1. The van der Waals surface area contributed by atoms with E-state index in [2.05, 4.69) is 20.5 Å². The van der Waals surface area contributed by atoms with Crippen LogP contribution in [0.15, 0.2) is 29.4 Å². The van der Waals surface area contributed by atoms with Gasteiger partial charge in [0, 0.05) is 5.69 Å². The lowest BCUT2D eigenvalue weighted by Gasteiger charge is -2.10. The van der Waals surface area contributed by atoms with E-state index < -0.39 is 11.2 Å². The summed E-state index contributed by atoms with van der Waals surface area (Å²) in [6, 6.07) is 7.79. The number of aromatic nitrogens is 5. The van der Waals surface area contributed by atoms with Crippen molar-refractivity contribution in [1.29, 1.82) is 0 Å². The molecular weight excluding hydrogens is 390 g/mol. The zero-order chi connectivity index (χ0) is 21.1. The summed E-state index contributed by atoms with van der Waals surface area (Å²) < 4.78 is 6.71. The van der Waals surface area contributed by atoms with Crippen LogP contribution in [0.25, 0.3) is 5.69 Å². The lowest BCUT2D eigenvalue weighted by molar-refractivity contribution is 0.0525. The molecule has 0 saturated carbocycles. The predicted octanol–water partition coefficient (Wildman–Crippen LogP) is 3.46. The van der Waals surface area contributed by atoms with E-state index in [0.29, 0.717) is 27.7 Å². The lowest BCUT2D eigenvalue weighted by Crippen LogP contribution is -2.16. The van der Waals surface area contributed by atoms with Crippen LogP contribution in [0, 0.1) is 20.8 Å². The van der Waals surface area contributed by atoms with Gasteiger partial charge in [-0.3, -0.25) is 4.79 Å².